The number of benzene rings is 9. The van der Waals surface area contributed by atoms with Crippen molar-refractivity contribution in [3.05, 3.63) is 212 Å². The molecule has 0 atom stereocenters. The Morgan fingerprint density at radius 2 is 0.800 bits per heavy atom. The molecule has 2 heterocycles. The number of para-hydroxylation sites is 2. The second kappa shape index (κ2) is 12.6. The Labute approximate surface area is 327 Å². The minimum atomic E-state index is -0.425. The first-order chi connectivity index (χ1) is 29.3. The summed E-state index contributed by atoms with van der Waals surface area (Å²) in [4.78, 5) is 4.10. The second-order valence-corrected chi connectivity index (χ2v) is 13.9. The first kappa shape index (κ1) is 26.4. The van der Waals surface area contributed by atoms with Crippen LogP contribution in [0.1, 0.15) is 6.85 Å². The van der Waals surface area contributed by atoms with Crippen molar-refractivity contribution >= 4 is 66.7 Å². The van der Waals surface area contributed by atoms with Crippen LogP contribution in [0.4, 0.5) is 34.1 Å². The smallest absolute Gasteiger partial charge is 0.0645 e. The van der Waals surface area contributed by atoms with E-state index >= 15 is 0 Å². The van der Waals surface area contributed by atoms with Crippen molar-refractivity contribution in [2.24, 2.45) is 0 Å². The maximum absolute atomic E-state index is 9.00. The number of fused-ring (bicyclic) bond motifs is 14. The van der Waals surface area contributed by atoms with Gasteiger partial charge < -0.3 is 14.4 Å². The normalized spacial score (nSPS) is 13.6. The molecule has 0 saturated carbocycles. The van der Waals surface area contributed by atoms with Crippen LogP contribution in [0.25, 0.3) is 60.5 Å². The van der Waals surface area contributed by atoms with E-state index in [1.54, 1.807) is 4.90 Å². The van der Waals surface area contributed by atoms with Crippen molar-refractivity contribution in [3.8, 4) is 27.9 Å². The van der Waals surface area contributed by atoms with E-state index in [0.29, 0.717) is 11.4 Å². The second-order valence-electron chi connectivity index (χ2n) is 13.9. The van der Waals surface area contributed by atoms with Crippen molar-refractivity contribution in [2.45, 2.75) is 0 Å². The average Bonchev–Trinajstić information content (AvgIpc) is 3.62. The van der Waals surface area contributed by atoms with E-state index in [0.717, 1.165) is 56.0 Å². The lowest BCUT2D eigenvalue weighted by atomic mass is 10.00. The summed E-state index contributed by atoms with van der Waals surface area (Å²) in [5.41, 5.74) is 11.5. The largest absolute Gasteiger partial charge is 0.310 e. The number of hydrogen-bond acceptors (Lipinski definition) is 2. The summed E-state index contributed by atoms with van der Waals surface area (Å²) in [5, 5.41) is 4.73. The van der Waals surface area contributed by atoms with Crippen molar-refractivity contribution in [1.82, 2.24) is 4.57 Å². The minimum Gasteiger partial charge on any atom is -0.310 e. The SMILES string of the molecule is [2H]c1c([2H])c([2H])c(N2c3cccc(c3)-c3cccc(c3)N(c3ccc4c5ccccc5n(-c5cccc6ccccc56)c4c3)c3cccc(c3)-c3cccc2c3)c([2H])c1[2H]. The lowest BCUT2D eigenvalue weighted by molar-refractivity contribution is 1.19. The Kier molecular flexibility index (Phi) is 6.07. The molecule has 10 aromatic rings. The van der Waals surface area contributed by atoms with Gasteiger partial charge in [-0.15, -0.1) is 0 Å². The van der Waals surface area contributed by atoms with Gasteiger partial charge in [0.1, 0.15) is 0 Å². The third kappa shape index (κ3) is 5.20. The first-order valence-electron chi connectivity index (χ1n) is 20.9. The molecule has 0 amide bonds. The van der Waals surface area contributed by atoms with E-state index in [2.05, 4.69) is 143 Å². The van der Waals surface area contributed by atoms with E-state index in [1.807, 2.05) is 48.5 Å². The third-order valence-corrected chi connectivity index (χ3v) is 10.7. The topological polar surface area (TPSA) is 11.4 Å². The quantitative estimate of drug-likeness (QED) is 0.181. The maximum atomic E-state index is 9.00. The number of hydrogen-bond donors (Lipinski definition) is 0. The Morgan fingerprint density at radius 1 is 0.327 bits per heavy atom. The monoisotopic (exact) mass is 706 g/mol. The van der Waals surface area contributed by atoms with E-state index in [4.69, 9.17) is 6.85 Å². The standard InChI is InChI=1S/C52H35N3/c1-2-19-41(20-3-1)53-42-21-8-15-37(31-42)39-17-10-23-44(33-39)54(45-24-11-18-40(34-45)38-16-9-22-43(53)32-38)46-29-30-49-48-26-6-7-27-51(48)55(52(49)35-46)50-28-12-14-36-13-4-5-25-47(36)50/h1-35H/i1D,2D,3D,19D,20D. The predicted molar refractivity (Wildman–Crippen MR) is 232 cm³/mol. The number of rotatable bonds is 3. The van der Waals surface area contributed by atoms with E-state index in [1.165, 1.54) is 21.5 Å². The Bertz CT molecular complexity index is 3250. The molecule has 0 radical (unpaired) electrons. The molecule has 0 aliphatic carbocycles. The van der Waals surface area contributed by atoms with Crippen LogP contribution in [0.3, 0.4) is 0 Å². The van der Waals surface area contributed by atoms with Crippen LogP contribution in [0, 0.1) is 0 Å². The van der Waals surface area contributed by atoms with E-state index < -0.39 is 6.04 Å². The van der Waals surface area contributed by atoms with Gasteiger partial charge in [-0.05, 0) is 113 Å². The molecule has 11 rings (SSSR count). The van der Waals surface area contributed by atoms with Gasteiger partial charge >= 0.3 is 0 Å². The van der Waals surface area contributed by atoms with Gasteiger partial charge in [-0.1, -0.05) is 127 Å². The predicted octanol–water partition coefficient (Wildman–Crippen LogP) is 14.5. The molecule has 3 nitrogen and oxygen atoms in total. The highest BCUT2D eigenvalue weighted by Gasteiger charge is 2.21. The summed E-state index contributed by atoms with van der Waals surface area (Å²) in [7, 11) is 0. The summed E-state index contributed by atoms with van der Waals surface area (Å²) in [6.07, 6.45) is 0. The van der Waals surface area contributed by atoms with Gasteiger partial charge in [0.25, 0.3) is 0 Å². The fourth-order valence-electron chi connectivity index (χ4n) is 8.27. The number of anilines is 6. The van der Waals surface area contributed by atoms with Crippen LogP contribution in [-0.4, -0.2) is 4.57 Å². The molecule has 0 fully saturated rings. The maximum Gasteiger partial charge on any atom is 0.0645 e. The molecule has 1 aliphatic rings. The van der Waals surface area contributed by atoms with E-state index in [-0.39, 0.29) is 29.9 Å². The van der Waals surface area contributed by atoms with Crippen LogP contribution >= 0.6 is 0 Å². The van der Waals surface area contributed by atoms with Gasteiger partial charge in [0, 0.05) is 50.3 Å². The van der Waals surface area contributed by atoms with Gasteiger partial charge in [-0.2, -0.15) is 0 Å². The molecular weight excluding hydrogens is 667 g/mol. The summed E-state index contributed by atoms with van der Waals surface area (Å²) in [5.74, 6) is 0. The van der Waals surface area contributed by atoms with Crippen LogP contribution < -0.4 is 9.80 Å². The zero-order valence-corrected chi connectivity index (χ0v) is 29.7. The summed E-state index contributed by atoms with van der Waals surface area (Å²) in [6.45, 7) is 0. The highest BCUT2D eigenvalue weighted by atomic mass is 15.2. The Morgan fingerprint density at radius 3 is 1.42 bits per heavy atom. The lowest BCUT2D eigenvalue weighted by Gasteiger charge is -2.28. The zero-order valence-electron chi connectivity index (χ0n) is 34.7. The van der Waals surface area contributed by atoms with Gasteiger partial charge in [0.15, 0.2) is 0 Å². The highest BCUT2D eigenvalue weighted by Crippen LogP contribution is 2.44. The molecule has 3 heteroatoms. The molecule has 55 heavy (non-hydrogen) atoms. The Hall–Kier alpha value is -7.36. The molecule has 1 aromatic heterocycles. The molecule has 0 spiro atoms. The fourth-order valence-corrected chi connectivity index (χ4v) is 8.27. The van der Waals surface area contributed by atoms with Crippen LogP contribution in [0.15, 0.2) is 212 Å². The molecule has 0 saturated heterocycles. The lowest BCUT2D eigenvalue weighted by Crippen LogP contribution is -2.11. The summed E-state index contributed by atoms with van der Waals surface area (Å²) in [6, 6.07) is 61.6. The molecule has 0 unspecified atom stereocenters. The molecule has 1 aliphatic heterocycles. The fraction of sp³-hybridized carbons (Fsp3) is 0. The molecule has 258 valence electrons. The summed E-state index contributed by atoms with van der Waals surface area (Å²) < 4.78 is 45.8. The van der Waals surface area contributed by atoms with Gasteiger partial charge in [0.05, 0.1) is 23.6 Å². The van der Waals surface area contributed by atoms with Crippen molar-refractivity contribution in [2.75, 3.05) is 9.80 Å². The van der Waals surface area contributed by atoms with Crippen LogP contribution in [-0.2, 0) is 0 Å². The van der Waals surface area contributed by atoms with E-state index in [9.17, 15) is 0 Å². The average molecular weight is 707 g/mol. The number of nitrogens with zero attached hydrogens (tertiary/aromatic N) is 3. The minimum absolute atomic E-state index is 0.0902. The van der Waals surface area contributed by atoms with Crippen LogP contribution in [0.5, 0.6) is 0 Å². The molecule has 0 N–H and O–H groups in total. The van der Waals surface area contributed by atoms with Crippen molar-refractivity contribution in [1.29, 1.82) is 0 Å². The molecule has 9 aromatic carbocycles. The Balaban J connectivity index is 1.16. The number of aromatic nitrogens is 1. The third-order valence-electron chi connectivity index (χ3n) is 10.7. The van der Waals surface area contributed by atoms with Crippen molar-refractivity contribution in [3.63, 3.8) is 0 Å². The van der Waals surface area contributed by atoms with Gasteiger partial charge in [-0.25, -0.2) is 0 Å². The van der Waals surface area contributed by atoms with Gasteiger partial charge in [-0.3, -0.25) is 0 Å². The van der Waals surface area contributed by atoms with Crippen LogP contribution in [0.2, 0.25) is 0 Å². The van der Waals surface area contributed by atoms with Gasteiger partial charge in [0.2, 0.25) is 0 Å². The first-order valence-corrected chi connectivity index (χ1v) is 18.4. The summed E-state index contributed by atoms with van der Waals surface area (Å²) >= 11 is 0. The highest BCUT2D eigenvalue weighted by molar-refractivity contribution is 6.11. The van der Waals surface area contributed by atoms with Crippen molar-refractivity contribution < 1.29 is 6.85 Å². The molecular formula is C52H35N3. The molecule has 8 bridgehead atoms. The zero-order chi connectivity index (χ0) is 40.6.